The molecule has 0 saturated carbocycles. The molecule has 0 radical (unpaired) electrons. The second-order valence-electron chi connectivity index (χ2n) is 4.22. The van der Waals surface area contributed by atoms with Crippen LogP contribution in [0.4, 0.5) is 5.95 Å². The molecule has 1 aliphatic heterocycles. The van der Waals surface area contributed by atoms with E-state index in [0.29, 0.717) is 11.8 Å². The van der Waals surface area contributed by atoms with E-state index in [1.807, 2.05) is 0 Å². The van der Waals surface area contributed by atoms with Crippen LogP contribution in [0.3, 0.4) is 0 Å². The van der Waals surface area contributed by atoms with Gasteiger partial charge in [0.15, 0.2) is 5.82 Å². The number of rotatable bonds is 2. The molecule has 2 aromatic rings. The Kier molecular flexibility index (Phi) is 2.99. The predicted octanol–water partition coefficient (Wildman–Crippen LogP) is 2.27. The maximum atomic E-state index is 5.04. The van der Waals surface area contributed by atoms with Crippen LogP contribution >= 0.6 is 15.9 Å². The van der Waals surface area contributed by atoms with Crippen molar-refractivity contribution < 1.29 is 4.52 Å². The summed E-state index contributed by atoms with van der Waals surface area (Å²) in [6.07, 6.45) is 5.58. The summed E-state index contributed by atoms with van der Waals surface area (Å²) < 4.78 is 5.92. The van der Waals surface area contributed by atoms with Gasteiger partial charge in [0.25, 0.3) is 0 Å². The van der Waals surface area contributed by atoms with E-state index in [2.05, 4.69) is 40.9 Å². The van der Waals surface area contributed by atoms with E-state index >= 15 is 0 Å². The van der Waals surface area contributed by atoms with Gasteiger partial charge in [-0.3, -0.25) is 0 Å². The topological polar surface area (TPSA) is 67.9 Å². The Morgan fingerprint density at radius 1 is 1.39 bits per heavy atom. The fraction of sp³-hybridized carbons (Fsp3) is 0.455. The summed E-state index contributed by atoms with van der Waals surface area (Å²) in [5, 5.41) is 4.00. The summed E-state index contributed by atoms with van der Waals surface area (Å²) in [6.45, 7) is 2.71. The fourth-order valence-electron chi connectivity index (χ4n) is 2.18. The third kappa shape index (κ3) is 2.10. The van der Waals surface area contributed by atoms with E-state index in [1.54, 1.807) is 19.3 Å². The van der Waals surface area contributed by atoms with E-state index in [0.717, 1.165) is 29.7 Å². The molecule has 0 N–H and O–H groups in total. The molecule has 1 aliphatic rings. The molecule has 0 amide bonds. The zero-order valence-electron chi connectivity index (χ0n) is 9.88. The molecule has 0 aliphatic carbocycles. The number of halogens is 1. The van der Waals surface area contributed by atoms with Crippen molar-refractivity contribution in [2.45, 2.75) is 25.8 Å². The zero-order chi connectivity index (χ0) is 12.5. The molecule has 0 aromatic carbocycles. The first-order chi connectivity index (χ1) is 8.74. The zero-order valence-corrected chi connectivity index (χ0v) is 11.5. The van der Waals surface area contributed by atoms with Crippen molar-refractivity contribution in [3.05, 3.63) is 28.6 Å². The van der Waals surface area contributed by atoms with Gasteiger partial charge in [-0.25, -0.2) is 9.97 Å². The van der Waals surface area contributed by atoms with Gasteiger partial charge in [-0.2, -0.15) is 4.98 Å². The van der Waals surface area contributed by atoms with Gasteiger partial charge >= 0.3 is 0 Å². The fourth-order valence-corrected chi connectivity index (χ4v) is 2.38. The van der Waals surface area contributed by atoms with Crippen LogP contribution in [0.5, 0.6) is 0 Å². The molecule has 3 heterocycles. The molecule has 18 heavy (non-hydrogen) atoms. The maximum Gasteiger partial charge on any atom is 0.225 e. The molecule has 0 bridgehead atoms. The standard InChI is InChI=1S/C11H12BrN5O/c1-7-15-10(16-18-7)9-3-2-4-17(9)11-13-5-8(12)6-14-11/h5-6,9H,2-4H2,1H3/t9-/m1/s1. The van der Waals surface area contributed by atoms with Crippen molar-refractivity contribution in [3.8, 4) is 0 Å². The first-order valence-corrected chi connectivity index (χ1v) is 6.58. The molecule has 94 valence electrons. The van der Waals surface area contributed by atoms with Gasteiger partial charge in [-0.1, -0.05) is 5.16 Å². The van der Waals surface area contributed by atoms with Gasteiger partial charge < -0.3 is 9.42 Å². The Morgan fingerprint density at radius 2 is 2.17 bits per heavy atom. The molecule has 1 atom stereocenters. The summed E-state index contributed by atoms with van der Waals surface area (Å²) in [7, 11) is 0. The number of aromatic nitrogens is 4. The minimum Gasteiger partial charge on any atom is -0.340 e. The van der Waals surface area contributed by atoms with E-state index in [9.17, 15) is 0 Å². The SMILES string of the molecule is Cc1nc([C@H]2CCCN2c2ncc(Br)cn2)no1. The van der Waals surface area contributed by atoms with E-state index < -0.39 is 0 Å². The second-order valence-corrected chi connectivity index (χ2v) is 5.14. The van der Waals surface area contributed by atoms with Crippen LogP contribution in [0.15, 0.2) is 21.4 Å². The molecule has 7 heteroatoms. The van der Waals surface area contributed by atoms with E-state index in [1.165, 1.54) is 0 Å². The lowest BCUT2D eigenvalue weighted by Gasteiger charge is -2.21. The summed E-state index contributed by atoms with van der Waals surface area (Å²) in [5.41, 5.74) is 0. The lowest BCUT2D eigenvalue weighted by molar-refractivity contribution is 0.383. The Hall–Kier alpha value is -1.50. The van der Waals surface area contributed by atoms with Crippen LogP contribution in [-0.2, 0) is 0 Å². The Balaban J connectivity index is 1.89. The van der Waals surface area contributed by atoms with E-state index in [4.69, 9.17) is 4.52 Å². The summed E-state index contributed by atoms with van der Waals surface area (Å²) in [5.74, 6) is 2.02. The smallest absolute Gasteiger partial charge is 0.225 e. The highest BCUT2D eigenvalue weighted by Gasteiger charge is 2.31. The summed E-state index contributed by atoms with van der Waals surface area (Å²) in [6, 6.07) is 0.114. The van der Waals surface area contributed by atoms with Crippen LogP contribution in [0.25, 0.3) is 0 Å². The van der Waals surface area contributed by atoms with E-state index in [-0.39, 0.29) is 6.04 Å². The van der Waals surface area contributed by atoms with Gasteiger partial charge in [0.2, 0.25) is 11.8 Å². The van der Waals surface area contributed by atoms with Gasteiger partial charge in [0, 0.05) is 25.9 Å². The average Bonchev–Trinajstić information content (AvgIpc) is 2.98. The highest BCUT2D eigenvalue weighted by molar-refractivity contribution is 9.10. The third-order valence-corrected chi connectivity index (χ3v) is 3.37. The van der Waals surface area contributed by atoms with Crippen molar-refractivity contribution in [2.24, 2.45) is 0 Å². The molecule has 3 rings (SSSR count). The maximum absolute atomic E-state index is 5.04. The van der Waals surface area contributed by atoms with Crippen LogP contribution in [0.2, 0.25) is 0 Å². The largest absolute Gasteiger partial charge is 0.340 e. The number of hydrogen-bond acceptors (Lipinski definition) is 6. The third-order valence-electron chi connectivity index (χ3n) is 2.96. The summed E-state index contributed by atoms with van der Waals surface area (Å²) >= 11 is 3.33. The number of anilines is 1. The number of hydrogen-bond donors (Lipinski definition) is 0. The van der Waals surface area contributed by atoms with Crippen molar-refractivity contribution >= 4 is 21.9 Å². The molecular formula is C11H12BrN5O. The van der Waals surface area contributed by atoms with Crippen molar-refractivity contribution in [2.75, 3.05) is 11.4 Å². The van der Waals surface area contributed by atoms with Crippen LogP contribution in [0.1, 0.15) is 30.6 Å². The Labute approximate surface area is 113 Å². The quantitative estimate of drug-likeness (QED) is 0.847. The first kappa shape index (κ1) is 11.6. The minimum absolute atomic E-state index is 0.114. The Morgan fingerprint density at radius 3 is 2.83 bits per heavy atom. The van der Waals surface area contributed by atoms with Gasteiger partial charge in [-0.05, 0) is 28.8 Å². The Bertz CT molecular complexity index is 541. The van der Waals surface area contributed by atoms with Crippen LogP contribution in [-0.4, -0.2) is 26.7 Å². The second kappa shape index (κ2) is 4.64. The van der Waals surface area contributed by atoms with Crippen molar-refractivity contribution in [3.63, 3.8) is 0 Å². The first-order valence-electron chi connectivity index (χ1n) is 5.78. The van der Waals surface area contributed by atoms with Gasteiger partial charge in [0.1, 0.15) is 0 Å². The summed E-state index contributed by atoms with van der Waals surface area (Å²) in [4.78, 5) is 15.1. The average molecular weight is 310 g/mol. The lowest BCUT2D eigenvalue weighted by atomic mass is 10.2. The van der Waals surface area contributed by atoms with Crippen molar-refractivity contribution in [1.82, 2.24) is 20.1 Å². The van der Waals surface area contributed by atoms with Gasteiger partial charge in [0.05, 0.1) is 10.5 Å². The highest BCUT2D eigenvalue weighted by atomic mass is 79.9. The molecule has 0 unspecified atom stereocenters. The molecule has 2 aromatic heterocycles. The highest BCUT2D eigenvalue weighted by Crippen LogP contribution is 2.32. The van der Waals surface area contributed by atoms with Crippen molar-refractivity contribution in [1.29, 1.82) is 0 Å². The molecule has 6 nitrogen and oxygen atoms in total. The molecular weight excluding hydrogens is 298 g/mol. The minimum atomic E-state index is 0.114. The van der Waals surface area contributed by atoms with Crippen LogP contribution in [0, 0.1) is 6.92 Å². The normalized spacial score (nSPS) is 19.4. The lowest BCUT2D eigenvalue weighted by Crippen LogP contribution is -2.25. The molecule has 0 spiro atoms. The molecule has 1 saturated heterocycles. The molecule has 1 fully saturated rings. The number of aryl methyl sites for hydroxylation is 1. The number of nitrogens with zero attached hydrogens (tertiary/aromatic N) is 5. The predicted molar refractivity (Wildman–Crippen MR) is 68.1 cm³/mol. The monoisotopic (exact) mass is 309 g/mol. The van der Waals surface area contributed by atoms with Crippen LogP contribution < -0.4 is 4.90 Å². The van der Waals surface area contributed by atoms with Gasteiger partial charge in [-0.15, -0.1) is 0 Å².